The Morgan fingerprint density at radius 1 is 1.41 bits per heavy atom. The van der Waals surface area contributed by atoms with E-state index in [-0.39, 0.29) is 23.6 Å². The molecule has 0 radical (unpaired) electrons. The molecule has 0 aromatic heterocycles. The van der Waals surface area contributed by atoms with Crippen LogP contribution in [0.2, 0.25) is 0 Å². The number of carbonyl (C=O) groups excluding carboxylic acids is 2. The molecule has 2 atom stereocenters. The van der Waals surface area contributed by atoms with E-state index in [1.54, 1.807) is 13.1 Å². The molecule has 0 saturated heterocycles. The second kappa shape index (κ2) is 9.01. The highest BCUT2D eigenvalue weighted by Gasteiger charge is 2.43. The van der Waals surface area contributed by atoms with Crippen LogP contribution in [-0.2, 0) is 14.3 Å². The lowest BCUT2D eigenvalue weighted by molar-refractivity contribution is -0.119. The normalized spacial score (nSPS) is 26.8. The summed E-state index contributed by atoms with van der Waals surface area (Å²) in [4.78, 5) is 30.4. The van der Waals surface area contributed by atoms with Crippen molar-refractivity contribution in [2.75, 3.05) is 19.8 Å². The van der Waals surface area contributed by atoms with Crippen LogP contribution >= 0.6 is 0 Å². The van der Waals surface area contributed by atoms with Crippen molar-refractivity contribution in [2.45, 2.75) is 46.5 Å². The number of carbonyl (C=O) groups is 2. The van der Waals surface area contributed by atoms with Crippen LogP contribution in [0.3, 0.4) is 0 Å². The van der Waals surface area contributed by atoms with Gasteiger partial charge in [0.2, 0.25) is 0 Å². The SMILES string of the molecule is CCC1(C)CC(=O)C2=C(C1)NC(COCCN)=C(C(C)=O)C2C1=CN=CCC=C1. The quantitative estimate of drug-likeness (QED) is 0.644. The molecule has 6 nitrogen and oxygen atoms in total. The highest BCUT2D eigenvalue weighted by Crippen LogP contribution is 2.47. The van der Waals surface area contributed by atoms with E-state index < -0.39 is 5.92 Å². The molecule has 3 N–H and O–H groups in total. The van der Waals surface area contributed by atoms with Crippen molar-refractivity contribution >= 4 is 17.8 Å². The summed E-state index contributed by atoms with van der Waals surface area (Å²) in [6.45, 7) is 6.89. The standard InChI is InChI=1S/C23H31N3O3/c1-4-23(3)11-17-22(19(28)12-23)21(16-7-5-6-9-25-13-16)20(15(2)27)18(26-17)14-29-10-8-24/h5,7,9,13,21,26H,4,6,8,10-12,14,24H2,1-3H3. The molecule has 0 fully saturated rings. The maximum Gasteiger partial charge on any atom is 0.162 e. The zero-order valence-electron chi connectivity index (χ0n) is 17.6. The number of nitrogens with zero attached hydrogens (tertiary/aromatic N) is 1. The Morgan fingerprint density at radius 2 is 2.21 bits per heavy atom. The first-order valence-corrected chi connectivity index (χ1v) is 10.3. The van der Waals surface area contributed by atoms with Crippen LogP contribution in [0, 0.1) is 11.3 Å². The van der Waals surface area contributed by atoms with Crippen LogP contribution in [-0.4, -0.2) is 37.5 Å². The summed E-state index contributed by atoms with van der Waals surface area (Å²) in [5.74, 6) is -0.378. The molecule has 0 aromatic rings. The van der Waals surface area contributed by atoms with Crippen LogP contribution in [0.5, 0.6) is 0 Å². The number of aliphatic imine (C=N–C) groups is 1. The van der Waals surface area contributed by atoms with E-state index in [0.29, 0.717) is 30.7 Å². The predicted octanol–water partition coefficient (Wildman–Crippen LogP) is 2.97. The molecule has 2 heterocycles. The van der Waals surface area contributed by atoms with Gasteiger partial charge in [-0.1, -0.05) is 26.0 Å². The van der Waals surface area contributed by atoms with Gasteiger partial charge in [-0.3, -0.25) is 14.6 Å². The van der Waals surface area contributed by atoms with Crippen LogP contribution in [0.15, 0.2) is 51.5 Å². The maximum absolute atomic E-state index is 13.3. The molecule has 29 heavy (non-hydrogen) atoms. The van der Waals surface area contributed by atoms with Gasteiger partial charge in [-0.15, -0.1) is 0 Å². The lowest BCUT2D eigenvalue weighted by Crippen LogP contribution is -2.41. The van der Waals surface area contributed by atoms with Crippen molar-refractivity contribution in [2.24, 2.45) is 22.1 Å². The van der Waals surface area contributed by atoms with E-state index in [1.807, 2.05) is 18.4 Å². The van der Waals surface area contributed by atoms with E-state index in [0.717, 1.165) is 36.2 Å². The molecule has 1 aliphatic carbocycles. The smallest absolute Gasteiger partial charge is 0.162 e. The van der Waals surface area contributed by atoms with Gasteiger partial charge in [0.05, 0.1) is 13.2 Å². The number of nitrogens with two attached hydrogens (primary N) is 1. The number of dihydropyridines is 1. The average Bonchev–Trinajstić information content (AvgIpc) is 2.96. The minimum Gasteiger partial charge on any atom is -0.374 e. The van der Waals surface area contributed by atoms with Crippen LogP contribution < -0.4 is 11.1 Å². The maximum atomic E-state index is 13.3. The average molecular weight is 398 g/mol. The highest BCUT2D eigenvalue weighted by molar-refractivity contribution is 6.04. The Labute approximate surface area is 172 Å². The largest absolute Gasteiger partial charge is 0.374 e. The Hall–Kier alpha value is -2.31. The first kappa shape index (κ1) is 21.4. The Morgan fingerprint density at radius 3 is 2.90 bits per heavy atom. The summed E-state index contributed by atoms with van der Waals surface area (Å²) >= 11 is 0. The zero-order valence-corrected chi connectivity index (χ0v) is 17.6. The van der Waals surface area contributed by atoms with Crippen LogP contribution in [0.1, 0.15) is 46.5 Å². The Bertz CT molecular complexity index is 847. The fourth-order valence-electron chi connectivity index (χ4n) is 4.30. The minimum absolute atomic E-state index is 0.0699. The van der Waals surface area contributed by atoms with E-state index >= 15 is 0 Å². The number of ether oxygens (including phenoxy) is 1. The van der Waals surface area contributed by atoms with Crippen molar-refractivity contribution in [3.8, 4) is 0 Å². The molecule has 2 unspecified atom stereocenters. The first-order chi connectivity index (χ1) is 13.9. The fourth-order valence-corrected chi connectivity index (χ4v) is 4.30. The number of hydrogen-bond donors (Lipinski definition) is 2. The van der Waals surface area contributed by atoms with Crippen molar-refractivity contribution in [3.05, 3.63) is 46.5 Å². The van der Waals surface area contributed by atoms with Crippen LogP contribution in [0.4, 0.5) is 0 Å². The van der Waals surface area contributed by atoms with Gasteiger partial charge < -0.3 is 15.8 Å². The summed E-state index contributed by atoms with van der Waals surface area (Å²) in [7, 11) is 0. The molecule has 0 aromatic carbocycles. The topological polar surface area (TPSA) is 93.8 Å². The molecular formula is C23H31N3O3. The molecule has 156 valence electrons. The molecular weight excluding hydrogens is 366 g/mol. The fraction of sp³-hybridized carbons (Fsp3) is 0.522. The third-order valence-corrected chi connectivity index (χ3v) is 5.98. The Balaban J connectivity index is 2.13. The molecule has 2 aliphatic heterocycles. The van der Waals surface area contributed by atoms with E-state index in [1.165, 1.54) is 0 Å². The molecule has 6 heteroatoms. The minimum atomic E-state index is -0.416. The lowest BCUT2D eigenvalue weighted by Gasteiger charge is -2.41. The van der Waals surface area contributed by atoms with E-state index in [9.17, 15) is 9.59 Å². The summed E-state index contributed by atoms with van der Waals surface area (Å²) in [5.41, 5.74) is 9.27. The predicted molar refractivity (Wildman–Crippen MR) is 114 cm³/mol. The second-order valence-electron chi connectivity index (χ2n) is 8.28. The second-order valence-corrected chi connectivity index (χ2v) is 8.28. The van der Waals surface area contributed by atoms with Crippen molar-refractivity contribution in [1.29, 1.82) is 0 Å². The monoisotopic (exact) mass is 397 g/mol. The van der Waals surface area contributed by atoms with Crippen molar-refractivity contribution in [3.63, 3.8) is 0 Å². The van der Waals surface area contributed by atoms with Crippen LogP contribution in [0.25, 0.3) is 0 Å². The van der Waals surface area contributed by atoms with E-state index in [2.05, 4.69) is 24.2 Å². The zero-order chi connectivity index (χ0) is 21.0. The third kappa shape index (κ3) is 4.49. The highest BCUT2D eigenvalue weighted by atomic mass is 16.5. The molecule has 3 aliphatic rings. The van der Waals surface area contributed by atoms with Gasteiger partial charge in [0.15, 0.2) is 11.6 Å². The first-order valence-electron chi connectivity index (χ1n) is 10.3. The van der Waals surface area contributed by atoms with E-state index in [4.69, 9.17) is 10.5 Å². The molecule has 3 rings (SSSR count). The van der Waals surface area contributed by atoms with Gasteiger partial charge in [-0.05, 0) is 30.8 Å². The van der Waals surface area contributed by atoms with Gasteiger partial charge >= 0.3 is 0 Å². The summed E-state index contributed by atoms with van der Waals surface area (Å²) in [6.07, 6.45) is 10.5. The molecule has 0 spiro atoms. The summed E-state index contributed by atoms with van der Waals surface area (Å²) < 4.78 is 5.68. The molecule has 0 bridgehead atoms. The molecule has 0 saturated carbocycles. The van der Waals surface area contributed by atoms with Gasteiger partial charge in [-0.2, -0.15) is 0 Å². The number of nitrogens with one attached hydrogen (secondary N) is 1. The van der Waals surface area contributed by atoms with Gasteiger partial charge in [0.1, 0.15) is 0 Å². The van der Waals surface area contributed by atoms with Gasteiger partial charge in [0.25, 0.3) is 0 Å². The summed E-state index contributed by atoms with van der Waals surface area (Å²) in [6, 6.07) is 0. The van der Waals surface area contributed by atoms with Crippen molar-refractivity contribution < 1.29 is 14.3 Å². The summed E-state index contributed by atoms with van der Waals surface area (Å²) in [5, 5.41) is 3.41. The molecule has 0 amide bonds. The lowest BCUT2D eigenvalue weighted by atomic mass is 9.66. The Kier molecular flexibility index (Phi) is 6.65. The number of hydrogen-bond acceptors (Lipinski definition) is 6. The van der Waals surface area contributed by atoms with Crippen molar-refractivity contribution in [1.82, 2.24) is 5.32 Å². The third-order valence-electron chi connectivity index (χ3n) is 5.98. The number of ketones is 2. The van der Waals surface area contributed by atoms with Gasteiger partial charge in [0, 0.05) is 60.3 Å². The van der Waals surface area contributed by atoms with Gasteiger partial charge in [-0.25, -0.2) is 0 Å². The number of allylic oxidation sites excluding steroid dienone is 6. The number of Topliss-reactive ketones (excluding diaryl/α,β-unsaturated/α-hetero) is 2. The number of rotatable bonds is 7.